The molecule has 0 fully saturated rings. The van der Waals surface area contributed by atoms with E-state index in [1.807, 2.05) is 48.0 Å². The molecule has 0 aliphatic heterocycles. The molecule has 0 spiro atoms. The molecule has 0 atom stereocenters. The molecule has 0 aliphatic rings. The molecular formula is C13H10BrN3O. The molecule has 18 heavy (non-hydrogen) atoms. The third-order valence-electron chi connectivity index (χ3n) is 2.52. The van der Waals surface area contributed by atoms with E-state index in [4.69, 9.17) is 4.74 Å². The van der Waals surface area contributed by atoms with Crippen LogP contribution in [0, 0.1) is 6.92 Å². The van der Waals surface area contributed by atoms with Gasteiger partial charge < -0.3 is 4.74 Å². The molecule has 0 aliphatic carbocycles. The molecule has 0 N–H and O–H groups in total. The number of aryl methyl sites for hydroxylation is 1. The third-order valence-corrected chi connectivity index (χ3v) is 2.90. The van der Waals surface area contributed by atoms with Crippen LogP contribution in [0.5, 0.6) is 11.6 Å². The molecule has 0 unspecified atom stereocenters. The summed E-state index contributed by atoms with van der Waals surface area (Å²) in [6.07, 6.45) is 5.41. The van der Waals surface area contributed by atoms with Gasteiger partial charge in [0.1, 0.15) is 10.4 Å². The summed E-state index contributed by atoms with van der Waals surface area (Å²) in [6.45, 7) is 2.02. The number of halogens is 1. The average molecular weight is 304 g/mol. The monoisotopic (exact) mass is 303 g/mol. The normalized spacial score (nSPS) is 10.8. The van der Waals surface area contributed by atoms with Gasteiger partial charge in [0.15, 0.2) is 0 Å². The van der Waals surface area contributed by atoms with E-state index >= 15 is 0 Å². The highest BCUT2D eigenvalue weighted by Crippen LogP contribution is 2.25. The Morgan fingerprint density at radius 3 is 3.06 bits per heavy atom. The van der Waals surface area contributed by atoms with Gasteiger partial charge in [0.2, 0.25) is 5.65 Å². The number of rotatable bonds is 2. The summed E-state index contributed by atoms with van der Waals surface area (Å²) in [4.78, 5) is 8.54. The maximum absolute atomic E-state index is 5.79. The largest absolute Gasteiger partial charge is 0.436 e. The zero-order valence-electron chi connectivity index (χ0n) is 9.67. The third kappa shape index (κ3) is 2.09. The smallest absolute Gasteiger partial charge is 0.264 e. The predicted molar refractivity (Wildman–Crippen MR) is 71.9 cm³/mol. The van der Waals surface area contributed by atoms with Crippen molar-refractivity contribution in [3.05, 3.63) is 53.0 Å². The molecule has 3 rings (SSSR count). The van der Waals surface area contributed by atoms with Gasteiger partial charge in [-0.25, -0.2) is 9.97 Å². The lowest BCUT2D eigenvalue weighted by molar-refractivity contribution is 0.463. The summed E-state index contributed by atoms with van der Waals surface area (Å²) in [5.41, 5.74) is 1.83. The van der Waals surface area contributed by atoms with Crippen LogP contribution in [-0.4, -0.2) is 14.4 Å². The van der Waals surface area contributed by atoms with E-state index in [2.05, 4.69) is 25.9 Å². The molecule has 0 saturated heterocycles. The van der Waals surface area contributed by atoms with E-state index in [1.54, 1.807) is 6.20 Å². The molecule has 4 nitrogen and oxygen atoms in total. The fourth-order valence-corrected chi connectivity index (χ4v) is 2.11. The van der Waals surface area contributed by atoms with Crippen LogP contribution >= 0.6 is 15.9 Å². The Hall–Kier alpha value is -1.88. The van der Waals surface area contributed by atoms with Crippen LogP contribution in [0.25, 0.3) is 5.65 Å². The summed E-state index contributed by atoms with van der Waals surface area (Å²) in [5, 5.41) is 0. The van der Waals surface area contributed by atoms with Crippen molar-refractivity contribution in [2.45, 2.75) is 6.92 Å². The molecule has 90 valence electrons. The Balaban J connectivity index is 2.06. The molecule has 2 heterocycles. The molecule has 0 saturated carbocycles. The highest BCUT2D eigenvalue weighted by atomic mass is 79.9. The Bertz CT molecular complexity index is 708. The predicted octanol–water partition coefficient (Wildman–Crippen LogP) is 3.59. The SMILES string of the molecule is Cc1cccc(Oc2nc(Br)cn3ccnc23)c1. The highest BCUT2D eigenvalue weighted by Gasteiger charge is 2.08. The molecule has 2 aromatic heterocycles. The number of hydrogen-bond donors (Lipinski definition) is 0. The summed E-state index contributed by atoms with van der Waals surface area (Å²) in [7, 11) is 0. The summed E-state index contributed by atoms with van der Waals surface area (Å²) in [6, 6.07) is 7.83. The Kier molecular flexibility index (Phi) is 2.76. The van der Waals surface area contributed by atoms with Crippen LogP contribution in [0.3, 0.4) is 0 Å². The van der Waals surface area contributed by atoms with Crippen LogP contribution in [0.15, 0.2) is 47.5 Å². The van der Waals surface area contributed by atoms with Gasteiger partial charge in [-0.05, 0) is 40.5 Å². The molecular weight excluding hydrogens is 294 g/mol. The second-order valence-electron chi connectivity index (χ2n) is 3.95. The Morgan fingerprint density at radius 1 is 1.33 bits per heavy atom. The second-order valence-corrected chi connectivity index (χ2v) is 4.76. The first-order chi connectivity index (χ1) is 8.72. The van der Waals surface area contributed by atoms with Crippen LogP contribution in [-0.2, 0) is 0 Å². The molecule has 0 radical (unpaired) electrons. The van der Waals surface area contributed by atoms with Crippen molar-refractivity contribution >= 4 is 21.6 Å². The minimum Gasteiger partial charge on any atom is -0.436 e. The number of hydrogen-bond acceptors (Lipinski definition) is 3. The van der Waals surface area contributed by atoms with Crippen LogP contribution in [0.2, 0.25) is 0 Å². The highest BCUT2D eigenvalue weighted by molar-refractivity contribution is 9.10. The van der Waals surface area contributed by atoms with Crippen molar-refractivity contribution < 1.29 is 4.74 Å². The maximum atomic E-state index is 5.79. The Labute approximate surface area is 112 Å². The van der Waals surface area contributed by atoms with Gasteiger partial charge >= 0.3 is 0 Å². The van der Waals surface area contributed by atoms with E-state index < -0.39 is 0 Å². The molecule has 5 heteroatoms. The molecule has 0 amide bonds. The van der Waals surface area contributed by atoms with E-state index in [0.717, 1.165) is 11.3 Å². The number of benzene rings is 1. The van der Waals surface area contributed by atoms with Crippen molar-refractivity contribution in [3.63, 3.8) is 0 Å². The van der Waals surface area contributed by atoms with Crippen LogP contribution < -0.4 is 4.74 Å². The first kappa shape index (κ1) is 11.2. The van der Waals surface area contributed by atoms with Gasteiger partial charge in [0.25, 0.3) is 5.88 Å². The van der Waals surface area contributed by atoms with Gasteiger partial charge in [-0.1, -0.05) is 12.1 Å². The van der Waals surface area contributed by atoms with E-state index in [9.17, 15) is 0 Å². The lowest BCUT2D eigenvalue weighted by Crippen LogP contribution is -1.94. The first-order valence-electron chi connectivity index (χ1n) is 5.46. The summed E-state index contributed by atoms with van der Waals surface area (Å²) < 4.78 is 8.35. The van der Waals surface area contributed by atoms with Gasteiger partial charge in [-0.2, -0.15) is 0 Å². The van der Waals surface area contributed by atoms with E-state index in [1.165, 1.54) is 0 Å². The fraction of sp³-hybridized carbons (Fsp3) is 0.0769. The lowest BCUT2D eigenvalue weighted by atomic mass is 10.2. The summed E-state index contributed by atoms with van der Waals surface area (Å²) in [5.74, 6) is 1.24. The van der Waals surface area contributed by atoms with Crippen molar-refractivity contribution in [2.75, 3.05) is 0 Å². The van der Waals surface area contributed by atoms with Gasteiger partial charge in [-0.3, -0.25) is 4.40 Å². The van der Waals surface area contributed by atoms with E-state index in [0.29, 0.717) is 16.1 Å². The quantitative estimate of drug-likeness (QED) is 0.726. The number of imidazole rings is 1. The summed E-state index contributed by atoms with van der Waals surface area (Å²) >= 11 is 3.36. The average Bonchev–Trinajstić information content (AvgIpc) is 2.77. The van der Waals surface area contributed by atoms with Crippen LogP contribution in [0.4, 0.5) is 0 Å². The minimum absolute atomic E-state index is 0.486. The zero-order valence-corrected chi connectivity index (χ0v) is 11.3. The fourth-order valence-electron chi connectivity index (χ4n) is 1.73. The van der Waals surface area contributed by atoms with Gasteiger partial charge in [0, 0.05) is 18.6 Å². The lowest BCUT2D eigenvalue weighted by Gasteiger charge is -2.07. The maximum Gasteiger partial charge on any atom is 0.264 e. The second kappa shape index (κ2) is 4.42. The molecule has 1 aromatic carbocycles. The standard InChI is InChI=1S/C13H10BrN3O/c1-9-3-2-4-10(7-9)18-13-12-15-5-6-17(12)8-11(14)16-13/h2-8H,1H3. The van der Waals surface area contributed by atoms with Crippen molar-refractivity contribution in [1.82, 2.24) is 14.4 Å². The topological polar surface area (TPSA) is 39.4 Å². The van der Waals surface area contributed by atoms with Crippen LogP contribution in [0.1, 0.15) is 5.56 Å². The number of ether oxygens (including phenoxy) is 1. The number of aromatic nitrogens is 3. The van der Waals surface area contributed by atoms with E-state index in [-0.39, 0.29) is 0 Å². The van der Waals surface area contributed by atoms with Crippen molar-refractivity contribution in [1.29, 1.82) is 0 Å². The molecule has 3 aromatic rings. The minimum atomic E-state index is 0.486. The number of nitrogens with zero attached hydrogens (tertiary/aromatic N) is 3. The number of fused-ring (bicyclic) bond motifs is 1. The van der Waals surface area contributed by atoms with Crippen molar-refractivity contribution in [2.24, 2.45) is 0 Å². The Morgan fingerprint density at radius 2 is 2.22 bits per heavy atom. The van der Waals surface area contributed by atoms with Gasteiger partial charge in [0.05, 0.1) is 0 Å². The molecule has 0 bridgehead atoms. The van der Waals surface area contributed by atoms with Gasteiger partial charge in [-0.15, -0.1) is 0 Å². The van der Waals surface area contributed by atoms with Crippen molar-refractivity contribution in [3.8, 4) is 11.6 Å². The zero-order chi connectivity index (χ0) is 12.5. The first-order valence-corrected chi connectivity index (χ1v) is 6.25.